The van der Waals surface area contributed by atoms with Crippen molar-refractivity contribution in [2.45, 2.75) is 32.8 Å². The number of aromatic nitrogens is 2. The number of ether oxygens (including phenoxy) is 1. The van der Waals surface area contributed by atoms with Crippen LogP contribution in [0.15, 0.2) is 75.0 Å². The molecule has 0 unspecified atom stereocenters. The Morgan fingerprint density at radius 1 is 1.09 bits per heavy atom. The number of nitrogens with zero attached hydrogens (tertiary/aromatic N) is 3. The Morgan fingerprint density at radius 2 is 1.82 bits per heavy atom. The fourth-order valence-corrected chi connectivity index (χ4v) is 4.43. The van der Waals surface area contributed by atoms with Crippen LogP contribution in [0, 0.1) is 0 Å². The maximum atomic E-state index is 13.2. The van der Waals surface area contributed by atoms with E-state index >= 15 is 0 Å². The van der Waals surface area contributed by atoms with Crippen LogP contribution in [-0.4, -0.2) is 15.9 Å². The van der Waals surface area contributed by atoms with Gasteiger partial charge in [0.25, 0.3) is 5.56 Å². The van der Waals surface area contributed by atoms with Crippen molar-refractivity contribution in [2.24, 2.45) is 5.10 Å². The number of hydrogen-bond acceptors (Lipinski definition) is 4. The van der Waals surface area contributed by atoms with Crippen LogP contribution in [0.5, 0.6) is 5.75 Å². The Kier molecular flexibility index (Phi) is 8.03. The summed E-state index contributed by atoms with van der Waals surface area (Å²) in [6.07, 6.45) is 4.08. The van der Waals surface area contributed by atoms with E-state index in [0.717, 1.165) is 22.9 Å². The van der Waals surface area contributed by atoms with E-state index in [1.54, 1.807) is 24.4 Å². The maximum absolute atomic E-state index is 13.2. The lowest BCUT2D eigenvalue weighted by Gasteiger charge is -2.11. The fourth-order valence-electron chi connectivity index (χ4n) is 3.46. The molecule has 0 N–H and O–H groups in total. The number of aryl methyl sites for hydroxylation is 1. The van der Waals surface area contributed by atoms with Gasteiger partial charge in [0, 0.05) is 10.9 Å². The molecule has 0 spiro atoms. The van der Waals surface area contributed by atoms with Crippen molar-refractivity contribution >= 4 is 56.2 Å². The first-order valence-corrected chi connectivity index (χ1v) is 12.4. The zero-order valence-corrected chi connectivity index (χ0v) is 21.6. The van der Waals surface area contributed by atoms with Crippen molar-refractivity contribution in [1.82, 2.24) is 9.66 Å². The lowest BCUT2D eigenvalue weighted by Crippen LogP contribution is -2.22. The number of unbranched alkanes of at least 4 members (excludes halogenated alkanes) is 1. The van der Waals surface area contributed by atoms with Crippen LogP contribution in [0.2, 0.25) is 10.0 Å². The summed E-state index contributed by atoms with van der Waals surface area (Å²) in [7, 11) is 0. The van der Waals surface area contributed by atoms with Gasteiger partial charge in [0.2, 0.25) is 0 Å². The molecular weight excluding hydrogens is 537 g/mol. The van der Waals surface area contributed by atoms with E-state index < -0.39 is 0 Å². The SMILES string of the molecule is CCCCc1nc2ccc(Br)cc2c(=O)n1N=Cc1cc(Cl)c(OCc2ccccc2)c(Cl)c1. The highest BCUT2D eigenvalue weighted by Crippen LogP contribution is 2.34. The minimum atomic E-state index is -0.228. The van der Waals surface area contributed by atoms with Crippen LogP contribution in [0.3, 0.4) is 0 Å². The van der Waals surface area contributed by atoms with Crippen LogP contribution >= 0.6 is 39.1 Å². The molecule has 1 aromatic heterocycles. The molecule has 34 heavy (non-hydrogen) atoms. The normalized spacial score (nSPS) is 11.4. The second-order valence-corrected chi connectivity index (χ2v) is 9.47. The van der Waals surface area contributed by atoms with Crippen molar-refractivity contribution in [3.05, 3.63) is 102 Å². The van der Waals surface area contributed by atoms with Crippen molar-refractivity contribution in [3.8, 4) is 5.75 Å². The summed E-state index contributed by atoms with van der Waals surface area (Å²) in [6.45, 7) is 2.44. The van der Waals surface area contributed by atoms with Gasteiger partial charge in [-0.05, 0) is 47.9 Å². The van der Waals surface area contributed by atoms with E-state index in [0.29, 0.717) is 51.1 Å². The zero-order chi connectivity index (χ0) is 24.1. The van der Waals surface area contributed by atoms with Crippen LogP contribution in [0.25, 0.3) is 10.9 Å². The minimum absolute atomic E-state index is 0.228. The Labute approximate surface area is 216 Å². The van der Waals surface area contributed by atoms with Gasteiger partial charge >= 0.3 is 0 Å². The smallest absolute Gasteiger partial charge is 0.282 e. The highest BCUT2D eigenvalue weighted by molar-refractivity contribution is 9.10. The number of hydrogen-bond donors (Lipinski definition) is 0. The summed E-state index contributed by atoms with van der Waals surface area (Å²) < 4.78 is 7.99. The second kappa shape index (κ2) is 11.2. The van der Waals surface area contributed by atoms with E-state index in [4.69, 9.17) is 27.9 Å². The predicted molar refractivity (Wildman–Crippen MR) is 143 cm³/mol. The number of rotatable bonds is 8. The van der Waals surface area contributed by atoms with Gasteiger partial charge in [0.1, 0.15) is 12.4 Å². The molecule has 0 aliphatic heterocycles. The standard InChI is InChI=1S/C26H22BrCl2N3O2/c1-2-3-9-24-31-23-11-10-19(27)14-20(23)26(33)32(24)30-15-18-12-21(28)25(22(29)13-18)34-16-17-7-5-4-6-8-17/h4-8,10-15H,2-3,9,16H2,1H3. The molecule has 0 saturated carbocycles. The average Bonchev–Trinajstić information content (AvgIpc) is 2.83. The highest BCUT2D eigenvalue weighted by atomic mass is 79.9. The molecule has 4 rings (SSSR count). The van der Waals surface area contributed by atoms with Gasteiger partial charge in [0.05, 0.1) is 27.2 Å². The average molecular weight is 559 g/mol. The first-order chi connectivity index (χ1) is 16.5. The molecule has 8 heteroatoms. The molecule has 0 bridgehead atoms. The molecule has 1 heterocycles. The molecule has 0 amide bonds. The Hall–Kier alpha value is -2.67. The first-order valence-electron chi connectivity index (χ1n) is 10.9. The lowest BCUT2D eigenvalue weighted by atomic mass is 10.2. The van der Waals surface area contributed by atoms with E-state index in [1.165, 1.54) is 4.68 Å². The summed E-state index contributed by atoms with van der Waals surface area (Å²) in [5.74, 6) is 1.01. The Morgan fingerprint density at radius 3 is 2.53 bits per heavy atom. The first kappa shape index (κ1) is 24.5. The third-order valence-corrected chi connectivity index (χ3v) is 6.25. The summed E-state index contributed by atoms with van der Waals surface area (Å²) in [5.41, 5.74) is 2.07. The van der Waals surface area contributed by atoms with Gasteiger partial charge in [-0.25, -0.2) is 4.98 Å². The van der Waals surface area contributed by atoms with Crippen LogP contribution in [0.4, 0.5) is 0 Å². The summed E-state index contributed by atoms with van der Waals surface area (Å²) in [6, 6.07) is 18.6. The predicted octanol–water partition coefficient (Wildman–Crippen LogP) is 7.27. The van der Waals surface area contributed by atoms with E-state index in [2.05, 4.69) is 32.9 Å². The third-order valence-electron chi connectivity index (χ3n) is 5.20. The van der Waals surface area contributed by atoms with Gasteiger partial charge in [-0.3, -0.25) is 4.79 Å². The zero-order valence-electron chi connectivity index (χ0n) is 18.5. The van der Waals surface area contributed by atoms with Gasteiger partial charge in [-0.1, -0.05) is 82.8 Å². The Balaban J connectivity index is 1.65. The topological polar surface area (TPSA) is 56.5 Å². The molecule has 0 aliphatic rings. The highest BCUT2D eigenvalue weighted by Gasteiger charge is 2.12. The van der Waals surface area contributed by atoms with Crippen molar-refractivity contribution in [2.75, 3.05) is 0 Å². The van der Waals surface area contributed by atoms with Gasteiger partial charge < -0.3 is 4.74 Å². The molecule has 0 fully saturated rings. The summed E-state index contributed by atoms with van der Waals surface area (Å²) >= 11 is 16.3. The quantitative estimate of drug-likeness (QED) is 0.214. The van der Waals surface area contributed by atoms with Crippen LogP contribution < -0.4 is 10.3 Å². The largest absolute Gasteiger partial charge is 0.486 e. The minimum Gasteiger partial charge on any atom is -0.486 e. The van der Waals surface area contributed by atoms with Crippen LogP contribution in [-0.2, 0) is 13.0 Å². The third kappa shape index (κ3) is 5.69. The molecule has 0 atom stereocenters. The molecule has 5 nitrogen and oxygen atoms in total. The van der Waals surface area contributed by atoms with Gasteiger partial charge in [-0.15, -0.1) is 0 Å². The molecule has 3 aromatic carbocycles. The molecule has 0 saturated heterocycles. The Bertz CT molecular complexity index is 1380. The van der Waals surface area contributed by atoms with Gasteiger partial charge in [-0.2, -0.15) is 9.78 Å². The van der Waals surface area contributed by atoms with Crippen LogP contribution in [0.1, 0.15) is 36.7 Å². The number of fused-ring (bicyclic) bond motifs is 1. The van der Waals surface area contributed by atoms with Gasteiger partial charge in [0.15, 0.2) is 5.75 Å². The molecule has 174 valence electrons. The molecule has 0 aliphatic carbocycles. The lowest BCUT2D eigenvalue weighted by molar-refractivity contribution is 0.306. The van der Waals surface area contributed by atoms with Crippen molar-refractivity contribution < 1.29 is 4.74 Å². The number of benzene rings is 3. The van der Waals surface area contributed by atoms with Crippen molar-refractivity contribution in [3.63, 3.8) is 0 Å². The monoisotopic (exact) mass is 557 g/mol. The summed E-state index contributed by atoms with van der Waals surface area (Å²) in [4.78, 5) is 17.9. The van der Waals surface area contributed by atoms with E-state index in [-0.39, 0.29) is 5.56 Å². The van der Waals surface area contributed by atoms with E-state index in [9.17, 15) is 4.79 Å². The number of halogens is 3. The second-order valence-electron chi connectivity index (χ2n) is 7.74. The van der Waals surface area contributed by atoms with E-state index in [1.807, 2.05) is 42.5 Å². The molecule has 0 radical (unpaired) electrons. The molecule has 4 aromatic rings. The fraction of sp³-hybridized carbons (Fsp3) is 0.192. The molecular formula is C26H22BrCl2N3O2. The summed E-state index contributed by atoms with van der Waals surface area (Å²) in [5, 5.41) is 5.68. The maximum Gasteiger partial charge on any atom is 0.282 e. The van der Waals surface area contributed by atoms with Crippen molar-refractivity contribution in [1.29, 1.82) is 0 Å².